The monoisotopic (exact) mass is 447 g/mol. The number of esters is 1. The number of rotatable bonds is 5. The minimum absolute atomic E-state index is 0.249. The summed E-state index contributed by atoms with van der Waals surface area (Å²) in [4.78, 5) is 16.7. The number of aryl methyl sites for hydroxylation is 1. The molecular formula is C24H18BrNO3. The highest BCUT2D eigenvalue weighted by Gasteiger charge is 2.24. The highest BCUT2D eigenvalue weighted by Crippen LogP contribution is 2.26. The molecule has 1 aliphatic rings. The molecule has 0 unspecified atom stereocenters. The molecule has 4 rings (SSSR count). The fraction of sp³-hybridized carbons (Fsp3) is 0.0833. The van der Waals surface area contributed by atoms with Crippen molar-refractivity contribution in [2.45, 2.75) is 13.5 Å². The van der Waals surface area contributed by atoms with Crippen LogP contribution in [0.25, 0.3) is 6.08 Å². The molecule has 3 aromatic rings. The highest BCUT2D eigenvalue weighted by molar-refractivity contribution is 9.10. The molecule has 0 radical (unpaired) electrons. The maximum absolute atomic E-state index is 12.3. The van der Waals surface area contributed by atoms with Gasteiger partial charge in [-0.25, -0.2) is 9.79 Å². The molecule has 1 aliphatic heterocycles. The van der Waals surface area contributed by atoms with Crippen molar-refractivity contribution in [3.05, 3.63) is 105 Å². The van der Waals surface area contributed by atoms with Gasteiger partial charge in [-0.3, -0.25) is 0 Å². The zero-order chi connectivity index (χ0) is 20.2. The second-order valence-corrected chi connectivity index (χ2v) is 7.48. The number of benzene rings is 3. The number of ether oxygens (including phenoxy) is 2. The van der Waals surface area contributed by atoms with Gasteiger partial charge in [0.2, 0.25) is 5.90 Å². The number of hydrogen-bond donors (Lipinski definition) is 0. The molecule has 5 heteroatoms. The smallest absolute Gasteiger partial charge is 0.363 e. The van der Waals surface area contributed by atoms with E-state index in [4.69, 9.17) is 9.47 Å². The van der Waals surface area contributed by atoms with Gasteiger partial charge in [0.25, 0.3) is 0 Å². The number of aliphatic imine (C=N–C) groups is 1. The Kier molecular flexibility index (Phi) is 5.58. The zero-order valence-corrected chi connectivity index (χ0v) is 17.3. The van der Waals surface area contributed by atoms with Crippen molar-refractivity contribution in [1.82, 2.24) is 0 Å². The second kappa shape index (κ2) is 8.45. The van der Waals surface area contributed by atoms with Gasteiger partial charge >= 0.3 is 5.97 Å². The SMILES string of the molecule is Cc1cccc(C2=N/C(=C/c3ccccc3OCc3ccccc3Br)C(=O)O2)c1. The van der Waals surface area contributed by atoms with Crippen LogP contribution in [0.3, 0.4) is 0 Å². The topological polar surface area (TPSA) is 47.9 Å². The summed E-state index contributed by atoms with van der Waals surface area (Å²) in [5, 5.41) is 0. The van der Waals surface area contributed by atoms with E-state index in [2.05, 4.69) is 20.9 Å². The Morgan fingerprint density at radius 2 is 1.83 bits per heavy atom. The van der Waals surface area contributed by atoms with Gasteiger partial charge in [0.15, 0.2) is 5.70 Å². The Hall–Kier alpha value is -3.18. The minimum atomic E-state index is -0.470. The van der Waals surface area contributed by atoms with E-state index in [1.165, 1.54) is 0 Å². The standard InChI is InChI=1S/C24H18BrNO3/c1-16-7-6-10-18(13-16)23-26-21(24(27)29-23)14-17-8-3-5-12-22(17)28-15-19-9-2-4-11-20(19)25/h2-14H,15H2,1H3/b21-14+. The quantitative estimate of drug-likeness (QED) is 0.373. The van der Waals surface area contributed by atoms with Crippen LogP contribution in [0.2, 0.25) is 0 Å². The van der Waals surface area contributed by atoms with Crippen LogP contribution in [0.15, 0.2) is 88.0 Å². The van der Waals surface area contributed by atoms with E-state index in [0.29, 0.717) is 18.3 Å². The lowest BCUT2D eigenvalue weighted by Crippen LogP contribution is -2.05. The van der Waals surface area contributed by atoms with Crippen LogP contribution in [0.4, 0.5) is 0 Å². The van der Waals surface area contributed by atoms with Crippen LogP contribution in [-0.4, -0.2) is 11.9 Å². The Morgan fingerprint density at radius 3 is 2.66 bits per heavy atom. The van der Waals surface area contributed by atoms with Crippen molar-refractivity contribution in [3.63, 3.8) is 0 Å². The van der Waals surface area contributed by atoms with Gasteiger partial charge in [0.05, 0.1) is 0 Å². The van der Waals surface area contributed by atoms with E-state index in [0.717, 1.165) is 26.7 Å². The molecule has 3 aromatic carbocycles. The van der Waals surface area contributed by atoms with E-state index in [-0.39, 0.29) is 5.70 Å². The maximum Gasteiger partial charge on any atom is 0.363 e. The van der Waals surface area contributed by atoms with Crippen LogP contribution in [0.5, 0.6) is 5.75 Å². The van der Waals surface area contributed by atoms with Gasteiger partial charge in [0, 0.05) is 21.2 Å². The van der Waals surface area contributed by atoms with Crippen molar-refractivity contribution < 1.29 is 14.3 Å². The number of para-hydroxylation sites is 1. The number of cyclic esters (lactones) is 1. The molecule has 0 atom stereocenters. The summed E-state index contributed by atoms with van der Waals surface area (Å²) in [7, 11) is 0. The highest BCUT2D eigenvalue weighted by atomic mass is 79.9. The summed E-state index contributed by atoms with van der Waals surface area (Å²) in [6, 6.07) is 23.1. The van der Waals surface area contributed by atoms with Gasteiger partial charge < -0.3 is 9.47 Å². The van der Waals surface area contributed by atoms with Gasteiger partial charge in [-0.05, 0) is 37.3 Å². The molecule has 0 spiro atoms. The van der Waals surface area contributed by atoms with Crippen molar-refractivity contribution in [1.29, 1.82) is 0 Å². The van der Waals surface area contributed by atoms with Crippen molar-refractivity contribution >= 4 is 33.9 Å². The summed E-state index contributed by atoms with van der Waals surface area (Å²) < 4.78 is 12.4. The number of nitrogens with zero attached hydrogens (tertiary/aromatic N) is 1. The first-order valence-corrected chi connectivity index (χ1v) is 9.94. The van der Waals surface area contributed by atoms with Crippen LogP contribution in [-0.2, 0) is 16.1 Å². The lowest BCUT2D eigenvalue weighted by molar-refractivity contribution is -0.129. The molecule has 0 N–H and O–H groups in total. The lowest BCUT2D eigenvalue weighted by atomic mass is 10.1. The second-order valence-electron chi connectivity index (χ2n) is 6.62. The number of carbonyl (C=O) groups is 1. The summed E-state index contributed by atoms with van der Waals surface area (Å²) in [5.41, 5.74) is 3.90. The van der Waals surface area contributed by atoms with Crippen molar-refractivity contribution in [2.24, 2.45) is 4.99 Å². The molecule has 4 nitrogen and oxygen atoms in total. The van der Waals surface area contributed by atoms with Gasteiger partial charge in [-0.1, -0.05) is 70.0 Å². The molecule has 0 saturated carbocycles. The fourth-order valence-corrected chi connectivity index (χ4v) is 3.36. The van der Waals surface area contributed by atoms with E-state index >= 15 is 0 Å². The average Bonchev–Trinajstić information content (AvgIpc) is 3.09. The average molecular weight is 448 g/mol. The Labute approximate surface area is 177 Å². The van der Waals surface area contributed by atoms with Gasteiger partial charge in [0.1, 0.15) is 12.4 Å². The largest absolute Gasteiger partial charge is 0.488 e. The first kappa shape index (κ1) is 19.2. The summed E-state index contributed by atoms with van der Waals surface area (Å²) >= 11 is 3.53. The van der Waals surface area contributed by atoms with E-state index in [1.807, 2.05) is 79.7 Å². The third-order valence-electron chi connectivity index (χ3n) is 4.44. The van der Waals surface area contributed by atoms with Gasteiger partial charge in [-0.2, -0.15) is 0 Å². The predicted octanol–water partition coefficient (Wildman–Crippen LogP) is 5.68. The maximum atomic E-state index is 12.3. The Balaban J connectivity index is 1.59. The minimum Gasteiger partial charge on any atom is -0.488 e. The molecule has 29 heavy (non-hydrogen) atoms. The van der Waals surface area contributed by atoms with E-state index < -0.39 is 5.97 Å². The van der Waals surface area contributed by atoms with Crippen molar-refractivity contribution in [3.8, 4) is 5.75 Å². The van der Waals surface area contributed by atoms with Crippen LogP contribution in [0.1, 0.15) is 22.3 Å². The van der Waals surface area contributed by atoms with Crippen molar-refractivity contribution in [2.75, 3.05) is 0 Å². The van der Waals surface area contributed by atoms with E-state index in [1.54, 1.807) is 6.08 Å². The molecule has 0 bridgehead atoms. The summed E-state index contributed by atoms with van der Waals surface area (Å²) in [6.07, 6.45) is 1.69. The third kappa shape index (κ3) is 4.46. The number of carbonyl (C=O) groups excluding carboxylic acids is 1. The van der Waals surface area contributed by atoms with Crippen LogP contribution in [0, 0.1) is 6.92 Å². The summed E-state index contributed by atoms with van der Waals surface area (Å²) in [5.74, 6) is 0.515. The van der Waals surface area contributed by atoms with Crippen LogP contribution < -0.4 is 4.74 Å². The first-order valence-electron chi connectivity index (χ1n) is 9.15. The Bertz CT molecular complexity index is 1130. The number of hydrogen-bond acceptors (Lipinski definition) is 4. The molecule has 144 valence electrons. The number of halogens is 1. The molecule has 0 aliphatic carbocycles. The summed E-state index contributed by atoms with van der Waals surface area (Å²) in [6.45, 7) is 2.39. The zero-order valence-electron chi connectivity index (χ0n) is 15.8. The van der Waals surface area contributed by atoms with Crippen LogP contribution >= 0.6 is 15.9 Å². The molecule has 0 amide bonds. The lowest BCUT2D eigenvalue weighted by Gasteiger charge is -2.10. The predicted molar refractivity (Wildman–Crippen MR) is 117 cm³/mol. The third-order valence-corrected chi connectivity index (χ3v) is 5.21. The Morgan fingerprint density at radius 1 is 1.03 bits per heavy atom. The van der Waals surface area contributed by atoms with Gasteiger partial charge in [-0.15, -0.1) is 0 Å². The first-order chi connectivity index (χ1) is 14.1. The molecular weight excluding hydrogens is 430 g/mol. The fourth-order valence-electron chi connectivity index (χ4n) is 2.96. The molecule has 0 aromatic heterocycles. The molecule has 0 fully saturated rings. The molecule has 0 saturated heterocycles. The van der Waals surface area contributed by atoms with E-state index in [9.17, 15) is 4.79 Å². The molecule has 1 heterocycles. The normalized spacial score (nSPS) is 14.6.